The van der Waals surface area contributed by atoms with Crippen molar-refractivity contribution in [1.29, 1.82) is 0 Å². The molecule has 0 unspecified atom stereocenters. The Hall–Kier alpha value is -0.990. The fourth-order valence-corrected chi connectivity index (χ4v) is 3.10. The molecular formula is C15H16Cl2O2. The van der Waals surface area contributed by atoms with E-state index in [0.29, 0.717) is 27.6 Å². The molecule has 2 nitrogen and oxygen atoms in total. The number of benzene rings is 1. The first-order valence-corrected chi connectivity index (χ1v) is 6.85. The number of aliphatic hydroxyl groups is 1. The second-order valence-electron chi connectivity index (χ2n) is 5.70. The molecule has 0 bridgehead atoms. The Morgan fingerprint density at radius 2 is 1.84 bits per heavy atom. The Morgan fingerprint density at radius 1 is 1.26 bits per heavy atom. The summed E-state index contributed by atoms with van der Waals surface area (Å²) >= 11 is 12.4. The third-order valence-corrected chi connectivity index (χ3v) is 4.52. The summed E-state index contributed by atoms with van der Waals surface area (Å²) in [4.78, 5) is 12.2. The average molecular weight is 299 g/mol. The quantitative estimate of drug-likeness (QED) is 0.802. The standard InChI is InChI=1S/C15H16Cl2O2/c1-7-5-9(16)8(2)13(17)11(7)12-10(18)6-15(3,4)14(12)19/h5,19H,6H2,1-4H3. The third kappa shape index (κ3) is 2.17. The molecule has 0 aliphatic heterocycles. The molecule has 0 fully saturated rings. The van der Waals surface area contributed by atoms with E-state index in [4.69, 9.17) is 23.2 Å². The number of hydrogen-bond donors (Lipinski definition) is 1. The number of hydrogen-bond acceptors (Lipinski definition) is 2. The summed E-state index contributed by atoms with van der Waals surface area (Å²) in [6, 6.07) is 1.77. The fraction of sp³-hybridized carbons (Fsp3) is 0.400. The Labute approximate surface area is 123 Å². The highest BCUT2D eigenvalue weighted by atomic mass is 35.5. The molecule has 4 heteroatoms. The number of carbonyl (C=O) groups excluding carboxylic acids is 1. The molecule has 0 aromatic heterocycles. The minimum absolute atomic E-state index is 0.0748. The number of allylic oxidation sites excluding steroid dienone is 2. The molecule has 0 amide bonds. The predicted octanol–water partition coefficient (Wildman–Crippen LogP) is 4.88. The van der Waals surface area contributed by atoms with Crippen molar-refractivity contribution in [3.8, 4) is 0 Å². The second kappa shape index (κ2) is 4.53. The van der Waals surface area contributed by atoms with Crippen LogP contribution in [0.25, 0.3) is 5.57 Å². The van der Waals surface area contributed by atoms with E-state index in [1.165, 1.54) is 0 Å². The van der Waals surface area contributed by atoms with Crippen LogP contribution in [0.2, 0.25) is 10.0 Å². The molecule has 19 heavy (non-hydrogen) atoms. The summed E-state index contributed by atoms with van der Waals surface area (Å²) in [7, 11) is 0. The highest BCUT2D eigenvalue weighted by Crippen LogP contribution is 2.46. The van der Waals surface area contributed by atoms with Crippen LogP contribution in [-0.4, -0.2) is 10.9 Å². The Bertz CT molecular complexity index is 613. The Kier molecular flexibility index (Phi) is 3.44. The smallest absolute Gasteiger partial charge is 0.167 e. The molecule has 1 aromatic carbocycles. The molecule has 0 spiro atoms. The number of Topliss-reactive ketones (excluding diaryl/α,β-unsaturated/α-hetero) is 1. The summed E-state index contributed by atoms with van der Waals surface area (Å²) in [5.74, 6) is 0.0402. The van der Waals surface area contributed by atoms with Gasteiger partial charge in [-0.2, -0.15) is 0 Å². The molecule has 102 valence electrons. The van der Waals surface area contributed by atoms with Crippen LogP contribution in [-0.2, 0) is 4.79 Å². The lowest BCUT2D eigenvalue weighted by Gasteiger charge is -2.17. The van der Waals surface area contributed by atoms with Crippen molar-refractivity contribution >= 4 is 34.6 Å². The molecule has 1 aliphatic carbocycles. The van der Waals surface area contributed by atoms with E-state index in [0.717, 1.165) is 11.1 Å². The average Bonchev–Trinajstić information content (AvgIpc) is 2.48. The Balaban J connectivity index is 2.77. The lowest BCUT2D eigenvalue weighted by atomic mass is 9.91. The second-order valence-corrected chi connectivity index (χ2v) is 6.48. The van der Waals surface area contributed by atoms with Gasteiger partial charge in [-0.05, 0) is 31.0 Å². The molecule has 0 saturated carbocycles. The largest absolute Gasteiger partial charge is 0.511 e. The van der Waals surface area contributed by atoms with E-state index >= 15 is 0 Å². The number of carbonyl (C=O) groups is 1. The molecule has 0 heterocycles. The van der Waals surface area contributed by atoms with Gasteiger partial charge in [-0.25, -0.2) is 0 Å². The van der Waals surface area contributed by atoms with Gasteiger partial charge in [0.1, 0.15) is 5.76 Å². The Morgan fingerprint density at radius 3 is 2.32 bits per heavy atom. The van der Waals surface area contributed by atoms with Crippen LogP contribution in [0.15, 0.2) is 11.8 Å². The molecule has 1 aliphatic rings. The van der Waals surface area contributed by atoms with E-state index in [2.05, 4.69) is 0 Å². The lowest BCUT2D eigenvalue weighted by molar-refractivity contribution is -0.114. The molecule has 1 N–H and O–H groups in total. The van der Waals surface area contributed by atoms with Gasteiger partial charge in [-0.15, -0.1) is 0 Å². The molecule has 0 radical (unpaired) electrons. The zero-order valence-electron chi connectivity index (χ0n) is 11.4. The van der Waals surface area contributed by atoms with E-state index in [-0.39, 0.29) is 11.5 Å². The van der Waals surface area contributed by atoms with Crippen molar-refractivity contribution in [3.05, 3.63) is 38.6 Å². The van der Waals surface area contributed by atoms with Crippen LogP contribution in [0, 0.1) is 19.3 Å². The molecular weight excluding hydrogens is 283 g/mol. The topological polar surface area (TPSA) is 37.3 Å². The van der Waals surface area contributed by atoms with Crippen LogP contribution in [0.1, 0.15) is 37.0 Å². The maximum absolute atomic E-state index is 12.2. The zero-order chi connectivity index (χ0) is 14.5. The first-order chi connectivity index (χ1) is 8.66. The number of rotatable bonds is 1. The van der Waals surface area contributed by atoms with E-state index < -0.39 is 5.41 Å². The number of ketones is 1. The summed E-state index contributed by atoms with van der Waals surface area (Å²) < 4.78 is 0. The molecule has 0 atom stereocenters. The number of aliphatic hydroxyl groups excluding tert-OH is 1. The van der Waals surface area contributed by atoms with Crippen molar-refractivity contribution in [3.63, 3.8) is 0 Å². The molecule has 1 aromatic rings. The van der Waals surface area contributed by atoms with Crippen molar-refractivity contribution in [2.75, 3.05) is 0 Å². The van der Waals surface area contributed by atoms with Crippen molar-refractivity contribution in [2.45, 2.75) is 34.1 Å². The highest BCUT2D eigenvalue weighted by molar-refractivity contribution is 6.39. The number of halogens is 2. The zero-order valence-corrected chi connectivity index (χ0v) is 12.9. The van der Waals surface area contributed by atoms with Crippen LogP contribution >= 0.6 is 23.2 Å². The minimum Gasteiger partial charge on any atom is -0.511 e. The maximum Gasteiger partial charge on any atom is 0.167 e. The van der Waals surface area contributed by atoms with E-state index in [1.54, 1.807) is 13.0 Å². The fourth-order valence-electron chi connectivity index (χ4n) is 2.44. The number of aryl methyl sites for hydroxylation is 1. The predicted molar refractivity (Wildman–Crippen MR) is 78.9 cm³/mol. The summed E-state index contributed by atoms with van der Waals surface area (Å²) in [5.41, 5.74) is 1.94. The van der Waals surface area contributed by atoms with Crippen molar-refractivity contribution in [1.82, 2.24) is 0 Å². The minimum atomic E-state index is -0.532. The van der Waals surface area contributed by atoms with Gasteiger partial charge >= 0.3 is 0 Å². The summed E-state index contributed by atoms with van der Waals surface area (Å²) in [6.07, 6.45) is 0.297. The van der Waals surface area contributed by atoms with Gasteiger partial charge in [0.05, 0.1) is 10.6 Å². The van der Waals surface area contributed by atoms with Crippen LogP contribution in [0.3, 0.4) is 0 Å². The van der Waals surface area contributed by atoms with Crippen LogP contribution in [0.5, 0.6) is 0 Å². The SMILES string of the molecule is Cc1cc(Cl)c(C)c(Cl)c1C1=C(O)C(C)(C)CC1=O. The van der Waals surface area contributed by atoms with Crippen molar-refractivity contribution < 1.29 is 9.90 Å². The van der Waals surface area contributed by atoms with Crippen molar-refractivity contribution in [2.24, 2.45) is 5.41 Å². The highest BCUT2D eigenvalue weighted by Gasteiger charge is 2.40. The van der Waals surface area contributed by atoms with Gasteiger partial charge in [0.2, 0.25) is 0 Å². The van der Waals surface area contributed by atoms with Gasteiger partial charge in [0.25, 0.3) is 0 Å². The third-order valence-electron chi connectivity index (χ3n) is 3.65. The van der Waals surface area contributed by atoms with Gasteiger partial charge in [0.15, 0.2) is 5.78 Å². The first-order valence-electron chi connectivity index (χ1n) is 6.09. The van der Waals surface area contributed by atoms with E-state index in [1.807, 2.05) is 20.8 Å². The lowest BCUT2D eigenvalue weighted by Crippen LogP contribution is -2.10. The van der Waals surface area contributed by atoms with Gasteiger partial charge < -0.3 is 5.11 Å². The normalized spacial score (nSPS) is 18.3. The molecule has 2 rings (SSSR count). The van der Waals surface area contributed by atoms with Crippen LogP contribution in [0.4, 0.5) is 0 Å². The maximum atomic E-state index is 12.2. The first kappa shape index (κ1) is 14.4. The molecule has 0 saturated heterocycles. The summed E-state index contributed by atoms with van der Waals surface area (Å²) in [5, 5.41) is 11.3. The summed E-state index contributed by atoms with van der Waals surface area (Å²) in [6.45, 7) is 7.33. The van der Waals surface area contributed by atoms with E-state index in [9.17, 15) is 9.90 Å². The van der Waals surface area contributed by atoms with Gasteiger partial charge in [-0.1, -0.05) is 37.0 Å². The van der Waals surface area contributed by atoms with Gasteiger partial charge in [-0.3, -0.25) is 4.79 Å². The van der Waals surface area contributed by atoms with Crippen LogP contribution < -0.4 is 0 Å². The van der Waals surface area contributed by atoms with Gasteiger partial charge in [0, 0.05) is 22.4 Å². The monoisotopic (exact) mass is 298 g/mol.